The Morgan fingerprint density at radius 3 is 2.57 bits per heavy atom. The van der Waals surface area contributed by atoms with E-state index < -0.39 is 4.92 Å². The molecule has 0 spiro atoms. The highest BCUT2D eigenvalue weighted by molar-refractivity contribution is 9.10. The van der Waals surface area contributed by atoms with Crippen molar-refractivity contribution in [2.75, 3.05) is 0 Å². The average Bonchev–Trinajstić information content (AvgIpc) is 2.83. The van der Waals surface area contributed by atoms with Crippen molar-refractivity contribution in [2.45, 2.75) is 26.4 Å². The van der Waals surface area contributed by atoms with Gasteiger partial charge in [-0.15, -0.1) is 0 Å². The molecule has 0 aliphatic heterocycles. The molecule has 4 aromatic rings. The first kappa shape index (κ1) is 27.3. The van der Waals surface area contributed by atoms with E-state index in [1.165, 1.54) is 17.0 Å². The SMILES string of the molecule is CC(C)c1nc2ccc(Br)cc2c(=O)n1N=Cc1cc(Br)cc([N+](=O)[O-])c1OCc1ccc(Cl)cc1Cl. The standard InChI is InChI=1S/C25H18Br2Cl2N4O4/c1-13(2)24-31-21-6-4-16(26)8-19(21)25(34)32(24)30-11-15-7-17(27)9-22(33(35)36)23(15)37-12-14-3-5-18(28)10-20(14)29/h3-11,13H,12H2,1-2H3. The van der Waals surface area contributed by atoms with Gasteiger partial charge in [0.05, 0.1) is 22.0 Å². The van der Waals surface area contributed by atoms with E-state index in [0.717, 1.165) is 4.47 Å². The van der Waals surface area contributed by atoms with Gasteiger partial charge in [-0.05, 0) is 36.4 Å². The molecule has 0 aliphatic rings. The number of rotatable bonds is 7. The molecule has 37 heavy (non-hydrogen) atoms. The summed E-state index contributed by atoms with van der Waals surface area (Å²) in [4.78, 5) is 29.3. The van der Waals surface area contributed by atoms with E-state index in [1.54, 1.807) is 36.4 Å². The second-order valence-electron chi connectivity index (χ2n) is 8.27. The highest BCUT2D eigenvalue weighted by Gasteiger charge is 2.22. The fraction of sp³-hybridized carbons (Fsp3) is 0.160. The van der Waals surface area contributed by atoms with E-state index in [4.69, 9.17) is 27.9 Å². The molecule has 12 heteroatoms. The number of halogens is 4. The van der Waals surface area contributed by atoms with Gasteiger partial charge in [0.15, 0.2) is 0 Å². The number of aromatic nitrogens is 2. The molecule has 0 radical (unpaired) electrons. The molecule has 0 saturated heterocycles. The Morgan fingerprint density at radius 1 is 1.14 bits per heavy atom. The molecule has 3 aromatic carbocycles. The van der Waals surface area contributed by atoms with Gasteiger partial charge in [0.25, 0.3) is 5.56 Å². The second-order valence-corrected chi connectivity index (χ2v) is 10.9. The Labute approximate surface area is 238 Å². The maximum Gasteiger partial charge on any atom is 0.312 e. The van der Waals surface area contributed by atoms with E-state index in [2.05, 4.69) is 41.9 Å². The van der Waals surface area contributed by atoms with Crippen molar-refractivity contribution in [2.24, 2.45) is 5.10 Å². The number of hydrogen-bond acceptors (Lipinski definition) is 6. The maximum atomic E-state index is 13.3. The lowest BCUT2D eigenvalue weighted by Crippen LogP contribution is -2.23. The van der Waals surface area contributed by atoms with Crippen LogP contribution in [0.4, 0.5) is 5.69 Å². The zero-order chi connectivity index (χ0) is 26.9. The third-order valence-electron chi connectivity index (χ3n) is 5.31. The zero-order valence-electron chi connectivity index (χ0n) is 19.4. The Hall–Kier alpha value is -2.79. The molecule has 190 valence electrons. The van der Waals surface area contributed by atoms with Gasteiger partial charge >= 0.3 is 5.69 Å². The number of nitrogens with zero attached hydrogens (tertiary/aromatic N) is 4. The maximum absolute atomic E-state index is 13.3. The summed E-state index contributed by atoms with van der Waals surface area (Å²) in [6, 6.07) is 13.1. The van der Waals surface area contributed by atoms with Crippen molar-refractivity contribution in [1.29, 1.82) is 0 Å². The number of nitro benzene ring substituents is 1. The fourth-order valence-corrected chi connectivity index (χ4v) is 4.84. The lowest BCUT2D eigenvalue weighted by molar-refractivity contribution is -0.386. The van der Waals surface area contributed by atoms with Crippen LogP contribution in [0.15, 0.2) is 67.4 Å². The molecule has 0 atom stereocenters. The van der Waals surface area contributed by atoms with Crippen LogP contribution in [-0.2, 0) is 6.61 Å². The predicted molar refractivity (Wildman–Crippen MR) is 152 cm³/mol. The molecule has 0 amide bonds. The van der Waals surface area contributed by atoms with E-state index in [-0.39, 0.29) is 35.1 Å². The molecule has 0 bridgehead atoms. The Bertz CT molecular complexity index is 1620. The fourth-order valence-electron chi connectivity index (χ4n) is 3.55. The first-order valence-corrected chi connectivity index (χ1v) is 13.2. The summed E-state index contributed by atoms with van der Waals surface area (Å²) < 4.78 is 8.25. The van der Waals surface area contributed by atoms with Gasteiger partial charge in [-0.1, -0.05) is 75.0 Å². The van der Waals surface area contributed by atoms with Crippen molar-refractivity contribution >= 4 is 77.9 Å². The number of benzene rings is 3. The molecule has 0 aliphatic carbocycles. The Kier molecular flexibility index (Phi) is 8.33. The van der Waals surface area contributed by atoms with E-state index in [0.29, 0.717) is 36.8 Å². The van der Waals surface area contributed by atoms with Gasteiger partial charge in [-0.3, -0.25) is 14.9 Å². The van der Waals surface area contributed by atoms with Gasteiger partial charge in [0, 0.05) is 42.1 Å². The average molecular weight is 669 g/mol. The summed E-state index contributed by atoms with van der Waals surface area (Å²) in [6.07, 6.45) is 1.34. The smallest absolute Gasteiger partial charge is 0.312 e. The highest BCUT2D eigenvalue weighted by Crippen LogP contribution is 2.35. The molecule has 1 aromatic heterocycles. The van der Waals surface area contributed by atoms with Gasteiger partial charge in [0.1, 0.15) is 12.4 Å². The predicted octanol–water partition coefficient (Wildman–Crippen LogP) is 7.72. The summed E-state index contributed by atoms with van der Waals surface area (Å²) in [6.45, 7) is 3.74. The third-order valence-corrected chi connectivity index (χ3v) is 6.85. The van der Waals surface area contributed by atoms with Crippen LogP contribution in [0.1, 0.15) is 36.7 Å². The van der Waals surface area contributed by atoms with Crippen LogP contribution in [0, 0.1) is 10.1 Å². The summed E-state index contributed by atoms with van der Waals surface area (Å²) in [5, 5.41) is 17.4. The minimum absolute atomic E-state index is 0.0291. The van der Waals surface area contributed by atoms with Gasteiger partial charge < -0.3 is 4.74 Å². The summed E-state index contributed by atoms with van der Waals surface area (Å²) >= 11 is 18.9. The van der Waals surface area contributed by atoms with Gasteiger partial charge in [-0.25, -0.2) is 4.98 Å². The monoisotopic (exact) mass is 666 g/mol. The van der Waals surface area contributed by atoms with Crippen molar-refractivity contribution < 1.29 is 9.66 Å². The Morgan fingerprint density at radius 2 is 1.89 bits per heavy atom. The number of nitro groups is 1. The molecule has 1 heterocycles. The molecule has 4 rings (SSSR count). The summed E-state index contributed by atoms with van der Waals surface area (Å²) in [5.74, 6) is 0.284. The quantitative estimate of drug-likeness (QED) is 0.114. The van der Waals surface area contributed by atoms with Crippen LogP contribution in [-0.4, -0.2) is 20.8 Å². The number of hydrogen-bond donors (Lipinski definition) is 0. The van der Waals surface area contributed by atoms with Crippen LogP contribution in [0.3, 0.4) is 0 Å². The summed E-state index contributed by atoms with van der Waals surface area (Å²) in [7, 11) is 0. The molecule has 0 unspecified atom stereocenters. The highest BCUT2D eigenvalue weighted by atomic mass is 79.9. The Balaban J connectivity index is 1.83. The minimum Gasteiger partial charge on any atom is -0.481 e. The summed E-state index contributed by atoms with van der Waals surface area (Å²) in [5.41, 5.74) is 0.769. The second kappa shape index (κ2) is 11.3. The zero-order valence-corrected chi connectivity index (χ0v) is 24.1. The lowest BCUT2D eigenvalue weighted by atomic mass is 10.1. The van der Waals surface area contributed by atoms with Crippen molar-refractivity contribution in [3.05, 3.63) is 105 Å². The number of fused-ring (bicyclic) bond motifs is 1. The van der Waals surface area contributed by atoms with Crippen molar-refractivity contribution in [3.8, 4) is 5.75 Å². The topological polar surface area (TPSA) is 99.6 Å². The first-order valence-electron chi connectivity index (χ1n) is 10.9. The number of ether oxygens (including phenoxy) is 1. The first-order chi connectivity index (χ1) is 17.5. The van der Waals surface area contributed by atoms with Gasteiger partial charge in [-0.2, -0.15) is 9.78 Å². The molecular formula is C25H18Br2Cl2N4O4. The molecule has 0 N–H and O–H groups in total. The van der Waals surface area contributed by atoms with Crippen LogP contribution < -0.4 is 10.3 Å². The van der Waals surface area contributed by atoms with E-state index in [1.807, 2.05) is 19.9 Å². The van der Waals surface area contributed by atoms with Crippen LogP contribution >= 0.6 is 55.1 Å². The van der Waals surface area contributed by atoms with Crippen LogP contribution in [0.5, 0.6) is 5.75 Å². The third kappa shape index (κ3) is 6.04. The molecule has 0 saturated carbocycles. The normalized spacial score (nSPS) is 11.5. The van der Waals surface area contributed by atoms with E-state index in [9.17, 15) is 14.9 Å². The lowest BCUT2D eigenvalue weighted by Gasteiger charge is -2.13. The van der Waals surface area contributed by atoms with E-state index >= 15 is 0 Å². The molecule has 8 nitrogen and oxygen atoms in total. The van der Waals surface area contributed by atoms with Crippen molar-refractivity contribution in [1.82, 2.24) is 9.66 Å². The van der Waals surface area contributed by atoms with Gasteiger partial charge in [0.2, 0.25) is 5.75 Å². The van der Waals surface area contributed by atoms with Crippen LogP contribution in [0.25, 0.3) is 10.9 Å². The van der Waals surface area contributed by atoms with Crippen LogP contribution in [0.2, 0.25) is 10.0 Å². The minimum atomic E-state index is -0.554. The molecular weight excluding hydrogens is 651 g/mol. The molecule has 0 fully saturated rings. The largest absolute Gasteiger partial charge is 0.481 e. The van der Waals surface area contributed by atoms with Crippen molar-refractivity contribution in [3.63, 3.8) is 0 Å².